The summed E-state index contributed by atoms with van der Waals surface area (Å²) in [6.07, 6.45) is 0. The molecule has 0 aliphatic carbocycles. The van der Waals surface area contributed by atoms with Gasteiger partial charge in [-0.3, -0.25) is 9.59 Å². The van der Waals surface area contributed by atoms with Gasteiger partial charge in [0.15, 0.2) is 0 Å². The molecule has 25 heavy (non-hydrogen) atoms. The maximum atomic E-state index is 12.4. The molecule has 0 aromatic heterocycles. The van der Waals surface area contributed by atoms with E-state index in [2.05, 4.69) is 26.1 Å². The van der Waals surface area contributed by atoms with E-state index in [9.17, 15) is 9.59 Å². The van der Waals surface area contributed by atoms with Crippen molar-refractivity contribution in [1.29, 1.82) is 0 Å². The predicted octanol–water partition coefficient (Wildman–Crippen LogP) is 2.48. The van der Waals surface area contributed by atoms with Crippen LogP contribution in [-0.2, 0) is 14.3 Å². The minimum atomic E-state index is -0.0920. The molecule has 0 radical (unpaired) electrons. The molecule has 1 aliphatic heterocycles. The molecule has 1 saturated heterocycles. The lowest BCUT2D eigenvalue weighted by molar-refractivity contribution is -0.132. The SMILES string of the molecule is CC(C)(C)C(NC(=O)CSCC(=O)N1CCOCC1)c1ccccc1. The molecule has 0 bridgehead atoms. The first-order chi connectivity index (χ1) is 11.9. The van der Waals surface area contributed by atoms with Crippen LogP contribution in [0.2, 0.25) is 0 Å². The number of benzene rings is 1. The van der Waals surface area contributed by atoms with E-state index in [1.54, 1.807) is 4.90 Å². The van der Waals surface area contributed by atoms with E-state index in [4.69, 9.17) is 4.74 Å². The van der Waals surface area contributed by atoms with Crippen molar-refractivity contribution in [2.75, 3.05) is 37.8 Å². The second kappa shape index (κ2) is 9.25. The van der Waals surface area contributed by atoms with Crippen molar-refractivity contribution in [3.63, 3.8) is 0 Å². The topological polar surface area (TPSA) is 58.6 Å². The number of hydrogen-bond acceptors (Lipinski definition) is 4. The number of morpholine rings is 1. The molecule has 6 heteroatoms. The Balaban J connectivity index is 1.82. The van der Waals surface area contributed by atoms with E-state index in [1.165, 1.54) is 11.8 Å². The molecule has 1 unspecified atom stereocenters. The van der Waals surface area contributed by atoms with E-state index < -0.39 is 0 Å². The zero-order valence-corrected chi connectivity index (χ0v) is 16.1. The molecule has 1 aromatic carbocycles. The summed E-state index contributed by atoms with van der Waals surface area (Å²) in [6, 6.07) is 9.94. The summed E-state index contributed by atoms with van der Waals surface area (Å²) in [5.41, 5.74) is 1.00. The third-order valence-corrected chi connectivity index (χ3v) is 5.04. The van der Waals surface area contributed by atoms with E-state index >= 15 is 0 Å². The number of hydrogen-bond donors (Lipinski definition) is 1. The second-order valence-electron chi connectivity index (χ2n) is 7.26. The molecule has 1 heterocycles. The Hall–Kier alpha value is -1.53. The van der Waals surface area contributed by atoms with Crippen molar-refractivity contribution < 1.29 is 14.3 Å². The maximum absolute atomic E-state index is 12.4. The maximum Gasteiger partial charge on any atom is 0.232 e. The number of carbonyl (C=O) groups is 2. The first-order valence-electron chi connectivity index (χ1n) is 8.65. The molecule has 1 aromatic rings. The summed E-state index contributed by atoms with van der Waals surface area (Å²) >= 11 is 1.37. The normalized spacial score (nSPS) is 16.4. The number of nitrogens with one attached hydrogen (secondary N) is 1. The highest BCUT2D eigenvalue weighted by Crippen LogP contribution is 2.32. The second-order valence-corrected chi connectivity index (χ2v) is 8.25. The van der Waals surface area contributed by atoms with Gasteiger partial charge in [-0.25, -0.2) is 0 Å². The summed E-state index contributed by atoms with van der Waals surface area (Å²) in [6.45, 7) is 8.82. The minimum Gasteiger partial charge on any atom is -0.378 e. The zero-order chi connectivity index (χ0) is 18.3. The largest absolute Gasteiger partial charge is 0.378 e. The van der Waals surface area contributed by atoms with Gasteiger partial charge < -0.3 is 15.0 Å². The quantitative estimate of drug-likeness (QED) is 0.842. The van der Waals surface area contributed by atoms with Crippen LogP contribution in [-0.4, -0.2) is 54.5 Å². The molecule has 2 rings (SSSR count). The fourth-order valence-electron chi connectivity index (χ4n) is 2.78. The molecule has 0 saturated carbocycles. The number of amides is 2. The number of thioether (sulfide) groups is 1. The van der Waals surface area contributed by atoms with Crippen LogP contribution < -0.4 is 5.32 Å². The van der Waals surface area contributed by atoms with Crippen molar-refractivity contribution in [3.05, 3.63) is 35.9 Å². The lowest BCUT2D eigenvalue weighted by Crippen LogP contribution is -2.42. The van der Waals surface area contributed by atoms with Gasteiger partial charge in [-0.1, -0.05) is 51.1 Å². The summed E-state index contributed by atoms with van der Waals surface area (Å²) in [4.78, 5) is 26.3. The lowest BCUT2D eigenvalue weighted by atomic mass is 9.82. The van der Waals surface area contributed by atoms with Crippen molar-refractivity contribution in [2.24, 2.45) is 5.41 Å². The Morgan fingerprint density at radius 3 is 2.40 bits per heavy atom. The summed E-state index contributed by atoms with van der Waals surface area (Å²) in [7, 11) is 0. The molecule has 2 amide bonds. The van der Waals surface area contributed by atoms with Crippen LogP contribution >= 0.6 is 11.8 Å². The third-order valence-electron chi connectivity index (χ3n) is 4.13. The Kier molecular flexibility index (Phi) is 7.32. The number of carbonyl (C=O) groups excluding carboxylic acids is 2. The lowest BCUT2D eigenvalue weighted by Gasteiger charge is -2.32. The highest BCUT2D eigenvalue weighted by molar-refractivity contribution is 8.00. The average Bonchev–Trinajstić information content (AvgIpc) is 2.60. The van der Waals surface area contributed by atoms with Crippen LogP contribution in [0.15, 0.2) is 30.3 Å². The van der Waals surface area contributed by atoms with E-state index in [-0.39, 0.29) is 29.0 Å². The molecule has 1 N–H and O–H groups in total. The molecule has 1 aliphatic rings. The molecular formula is C19H28N2O3S. The molecule has 1 atom stereocenters. The predicted molar refractivity (Wildman–Crippen MR) is 102 cm³/mol. The van der Waals surface area contributed by atoms with Gasteiger partial charge in [0, 0.05) is 13.1 Å². The first-order valence-corrected chi connectivity index (χ1v) is 9.81. The van der Waals surface area contributed by atoms with Crippen LogP contribution in [0.3, 0.4) is 0 Å². The van der Waals surface area contributed by atoms with E-state index in [0.717, 1.165) is 5.56 Å². The zero-order valence-electron chi connectivity index (χ0n) is 15.3. The minimum absolute atomic E-state index is 0.0384. The van der Waals surface area contributed by atoms with Crippen molar-refractivity contribution in [2.45, 2.75) is 26.8 Å². The summed E-state index contributed by atoms with van der Waals surface area (Å²) < 4.78 is 5.25. The van der Waals surface area contributed by atoms with Gasteiger partial charge in [-0.2, -0.15) is 0 Å². The Morgan fingerprint density at radius 2 is 1.80 bits per heavy atom. The van der Waals surface area contributed by atoms with Gasteiger partial charge in [-0.05, 0) is 11.0 Å². The highest BCUT2D eigenvalue weighted by atomic mass is 32.2. The van der Waals surface area contributed by atoms with E-state index in [1.807, 2.05) is 30.3 Å². The van der Waals surface area contributed by atoms with Crippen LogP contribution in [0, 0.1) is 5.41 Å². The summed E-state index contributed by atoms with van der Waals surface area (Å²) in [5.74, 6) is 0.661. The smallest absolute Gasteiger partial charge is 0.232 e. The van der Waals surface area contributed by atoms with Crippen LogP contribution in [0.5, 0.6) is 0 Å². The monoisotopic (exact) mass is 364 g/mol. The standard InChI is InChI=1S/C19H28N2O3S/c1-19(2,3)18(15-7-5-4-6-8-15)20-16(22)13-25-14-17(23)21-9-11-24-12-10-21/h4-8,18H,9-14H2,1-3H3,(H,20,22). The number of nitrogens with zero attached hydrogens (tertiary/aromatic N) is 1. The Morgan fingerprint density at radius 1 is 1.16 bits per heavy atom. The Bertz CT molecular complexity index is 566. The summed E-state index contributed by atoms with van der Waals surface area (Å²) in [5, 5.41) is 3.12. The number of ether oxygens (including phenoxy) is 1. The van der Waals surface area contributed by atoms with Gasteiger partial charge in [0.2, 0.25) is 11.8 Å². The van der Waals surface area contributed by atoms with Crippen LogP contribution in [0.4, 0.5) is 0 Å². The van der Waals surface area contributed by atoms with Gasteiger partial charge in [0.25, 0.3) is 0 Å². The molecule has 1 fully saturated rings. The van der Waals surface area contributed by atoms with Gasteiger partial charge >= 0.3 is 0 Å². The third kappa shape index (κ3) is 6.36. The van der Waals surface area contributed by atoms with Gasteiger partial charge in [0.05, 0.1) is 30.8 Å². The first kappa shape index (κ1) is 19.8. The Labute approximate surface area is 154 Å². The average molecular weight is 365 g/mol. The fourth-order valence-corrected chi connectivity index (χ4v) is 3.51. The van der Waals surface area contributed by atoms with Crippen molar-refractivity contribution in [3.8, 4) is 0 Å². The molecular weight excluding hydrogens is 336 g/mol. The number of rotatable bonds is 6. The van der Waals surface area contributed by atoms with Gasteiger partial charge in [0.1, 0.15) is 0 Å². The van der Waals surface area contributed by atoms with Gasteiger partial charge in [-0.15, -0.1) is 11.8 Å². The fraction of sp³-hybridized carbons (Fsp3) is 0.579. The van der Waals surface area contributed by atoms with Crippen LogP contribution in [0.25, 0.3) is 0 Å². The molecule has 0 spiro atoms. The van der Waals surface area contributed by atoms with E-state index in [0.29, 0.717) is 32.1 Å². The van der Waals surface area contributed by atoms with Crippen molar-refractivity contribution in [1.82, 2.24) is 10.2 Å². The van der Waals surface area contributed by atoms with Crippen LogP contribution in [0.1, 0.15) is 32.4 Å². The van der Waals surface area contributed by atoms with Crippen molar-refractivity contribution >= 4 is 23.6 Å². The highest BCUT2D eigenvalue weighted by Gasteiger charge is 2.27. The molecule has 5 nitrogen and oxygen atoms in total. The molecule has 138 valence electrons.